The zero-order chi connectivity index (χ0) is 25.1. The van der Waals surface area contributed by atoms with Gasteiger partial charge in [-0.2, -0.15) is 23.5 Å². The average molecular weight is 511 g/mol. The quantitative estimate of drug-likeness (QED) is 0.148. The molecule has 12 heteroatoms. The Hall–Kier alpha value is -2.83. The summed E-state index contributed by atoms with van der Waals surface area (Å²) < 4.78 is 0. The number of aromatic hydroxyl groups is 1. The number of carboxylic acid groups (broad SMARTS) is 1. The predicted molar refractivity (Wildman–Crippen MR) is 127 cm³/mol. The maximum atomic E-state index is 12.1. The minimum Gasteiger partial charge on any atom is -0.505 e. The zero-order valence-corrected chi connectivity index (χ0v) is 20.4. The molecule has 2 heterocycles. The highest BCUT2D eigenvalue weighted by Gasteiger charge is 2.17. The molecule has 2 aromatic rings. The number of carboxylic acids is 1. The van der Waals surface area contributed by atoms with Gasteiger partial charge in [-0.1, -0.05) is 0 Å². The van der Waals surface area contributed by atoms with Gasteiger partial charge in [-0.05, 0) is 25.0 Å². The van der Waals surface area contributed by atoms with Gasteiger partial charge < -0.3 is 15.3 Å². The van der Waals surface area contributed by atoms with Gasteiger partial charge in [0, 0.05) is 41.0 Å². The lowest BCUT2D eigenvalue weighted by Gasteiger charge is -2.14. The van der Waals surface area contributed by atoms with Crippen molar-refractivity contribution in [2.75, 3.05) is 11.5 Å². The molecule has 0 aliphatic heterocycles. The Morgan fingerprint density at radius 1 is 1.03 bits per heavy atom. The maximum absolute atomic E-state index is 12.1. The highest BCUT2D eigenvalue weighted by Crippen LogP contribution is 2.29. The number of aromatic nitrogens is 2. The Bertz CT molecular complexity index is 1030. The van der Waals surface area contributed by atoms with E-state index in [1.54, 1.807) is 20.0 Å². The third-order valence-corrected chi connectivity index (χ3v) is 6.70. The molecular formula is C22H26N2O8S2. The molecule has 0 amide bonds. The first-order chi connectivity index (χ1) is 16.3. The van der Waals surface area contributed by atoms with Gasteiger partial charge in [0.25, 0.3) is 0 Å². The summed E-state index contributed by atoms with van der Waals surface area (Å²) in [5.74, 6) is 0.0692. The number of pyridine rings is 2. The predicted octanol–water partition coefficient (Wildman–Crippen LogP) is 2.97. The van der Waals surface area contributed by atoms with E-state index in [2.05, 4.69) is 9.97 Å². The zero-order valence-electron chi connectivity index (χ0n) is 18.8. The van der Waals surface area contributed by atoms with Crippen LogP contribution in [0.1, 0.15) is 51.3 Å². The lowest BCUT2D eigenvalue weighted by Crippen LogP contribution is -2.12. The number of aryl methyl sites for hydroxylation is 2. The number of aliphatic hydroxyl groups excluding tert-OH is 1. The number of hydrogen-bond donors (Lipinski definition) is 3. The lowest BCUT2D eigenvalue weighted by atomic mass is 10.1. The van der Waals surface area contributed by atoms with Gasteiger partial charge in [0.2, 0.25) is 5.75 Å². The molecule has 184 valence electrons. The largest absolute Gasteiger partial charge is 0.505 e. The maximum Gasteiger partial charge on any atom is 0.356 e. The van der Waals surface area contributed by atoms with Gasteiger partial charge >= 0.3 is 11.9 Å². The summed E-state index contributed by atoms with van der Waals surface area (Å²) in [4.78, 5) is 52.3. The summed E-state index contributed by atoms with van der Waals surface area (Å²) in [7, 11) is 0. The van der Waals surface area contributed by atoms with Crippen LogP contribution in [0, 0.1) is 13.8 Å². The van der Waals surface area contributed by atoms with E-state index in [9.17, 15) is 24.6 Å². The van der Waals surface area contributed by atoms with Crippen LogP contribution in [0.15, 0.2) is 12.4 Å². The second-order valence-electron chi connectivity index (χ2n) is 7.12. The Labute approximate surface area is 205 Å². The number of hydrogen-bond acceptors (Lipinski definition) is 11. The first-order valence-electron chi connectivity index (χ1n) is 10.2. The van der Waals surface area contributed by atoms with Gasteiger partial charge in [-0.3, -0.25) is 29.3 Å². The minimum absolute atomic E-state index is 0.0233. The molecule has 0 atom stereocenters. The molecule has 0 aliphatic rings. The van der Waals surface area contributed by atoms with Crippen molar-refractivity contribution in [2.24, 2.45) is 0 Å². The highest BCUT2D eigenvalue weighted by atomic mass is 32.2. The van der Waals surface area contributed by atoms with Crippen molar-refractivity contribution in [1.29, 1.82) is 0 Å². The van der Waals surface area contributed by atoms with Crippen LogP contribution in [0.5, 0.6) is 11.5 Å². The van der Waals surface area contributed by atoms with Gasteiger partial charge in [0.1, 0.15) is 5.75 Å². The molecule has 0 saturated carbocycles. The number of carbonyl (C=O) groups excluding carboxylic acids is 2. The van der Waals surface area contributed by atoms with Crippen LogP contribution in [0.4, 0.5) is 0 Å². The van der Waals surface area contributed by atoms with Crippen molar-refractivity contribution in [3.8, 4) is 11.5 Å². The summed E-state index contributed by atoms with van der Waals surface area (Å²) in [5.41, 5.74) is 2.63. The Morgan fingerprint density at radius 2 is 1.65 bits per heavy atom. The molecule has 2 aromatic heterocycles. The normalized spacial score (nSPS) is 10.7. The standard InChI is InChI=1S/C22H26N2O8S2/c1-13-21(30)17(9-25)15(7-23-13)11-34-6-4-20(29)31-32-22-14(2)24-8-16(18(22)10-26)12-33-5-3-19(27)28/h7-9,26,30H,3-6,10-12H2,1-2H3,(H,27,28). The number of aliphatic hydroxyl groups is 1. The fourth-order valence-corrected chi connectivity index (χ4v) is 4.63. The molecule has 0 fully saturated rings. The van der Waals surface area contributed by atoms with Crippen LogP contribution in [-0.2, 0) is 32.6 Å². The Balaban J connectivity index is 1.87. The van der Waals surface area contributed by atoms with Crippen molar-refractivity contribution in [1.82, 2.24) is 9.97 Å². The Kier molecular flexibility index (Phi) is 11.1. The van der Waals surface area contributed by atoms with E-state index >= 15 is 0 Å². The summed E-state index contributed by atoms with van der Waals surface area (Å²) >= 11 is 2.74. The number of thioether (sulfide) groups is 2. The topological polar surface area (TPSA) is 156 Å². The van der Waals surface area contributed by atoms with Gasteiger partial charge in [-0.25, -0.2) is 4.79 Å². The molecule has 34 heavy (non-hydrogen) atoms. The van der Waals surface area contributed by atoms with E-state index < -0.39 is 11.9 Å². The number of rotatable bonds is 14. The lowest BCUT2D eigenvalue weighted by molar-refractivity contribution is -0.214. The van der Waals surface area contributed by atoms with Crippen LogP contribution in [-0.4, -0.2) is 55.0 Å². The first-order valence-corrected chi connectivity index (χ1v) is 12.5. The van der Waals surface area contributed by atoms with Crippen molar-refractivity contribution in [3.63, 3.8) is 0 Å². The third-order valence-electron chi connectivity index (χ3n) is 4.68. The van der Waals surface area contributed by atoms with Crippen LogP contribution in [0.2, 0.25) is 0 Å². The number of carbonyl (C=O) groups is 3. The van der Waals surface area contributed by atoms with E-state index in [4.69, 9.17) is 14.9 Å². The van der Waals surface area contributed by atoms with Crippen LogP contribution in [0.25, 0.3) is 0 Å². The molecule has 0 bridgehead atoms. The van der Waals surface area contributed by atoms with Crippen molar-refractivity contribution < 1.29 is 39.5 Å². The minimum atomic E-state index is -0.885. The highest BCUT2D eigenvalue weighted by molar-refractivity contribution is 7.98. The molecule has 3 N–H and O–H groups in total. The van der Waals surface area contributed by atoms with E-state index in [0.717, 1.165) is 0 Å². The summed E-state index contributed by atoms with van der Waals surface area (Å²) in [6.45, 7) is 2.88. The van der Waals surface area contributed by atoms with Crippen LogP contribution in [0.3, 0.4) is 0 Å². The molecule has 2 rings (SSSR count). The van der Waals surface area contributed by atoms with Gasteiger partial charge in [0.05, 0.1) is 36.4 Å². The van der Waals surface area contributed by atoms with Crippen molar-refractivity contribution in [2.45, 2.75) is 44.8 Å². The van der Waals surface area contributed by atoms with E-state index in [1.165, 1.54) is 29.7 Å². The second-order valence-corrected chi connectivity index (χ2v) is 9.33. The van der Waals surface area contributed by atoms with E-state index in [1.807, 2.05) is 0 Å². The summed E-state index contributed by atoms with van der Waals surface area (Å²) in [5, 5.41) is 28.5. The summed E-state index contributed by atoms with van der Waals surface area (Å²) in [6, 6.07) is 0. The van der Waals surface area contributed by atoms with E-state index in [0.29, 0.717) is 57.4 Å². The summed E-state index contributed by atoms with van der Waals surface area (Å²) in [6.07, 6.45) is 3.72. The Morgan fingerprint density at radius 3 is 2.29 bits per heavy atom. The first kappa shape index (κ1) is 27.4. The molecule has 0 spiro atoms. The average Bonchev–Trinajstić information content (AvgIpc) is 2.81. The molecule has 0 radical (unpaired) electrons. The fourth-order valence-electron chi connectivity index (χ4n) is 2.79. The fraction of sp³-hybridized carbons (Fsp3) is 0.409. The molecule has 0 saturated heterocycles. The number of nitrogens with zero attached hydrogens (tertiary/aromatic N) is 2. The number of aliphatic carboxylic acids is 1. The molecule has 10 nitrogen and oxygen atoms in total. The van der Waals surface area contributed by atoms with Gasteiger partial charge in [-0.15, -0.1) is 0 Å². The van der Waals surface area contributed by atoms with Crippen molar-refractivity contribution >= 4 is 41.7 Å². The monoisotopic (exact) mass is 510 g/mol. The molecule has 0 unspecified atom stereocenters. The molecular weight excluding hydrogens is 484 g/mol. The van der Waals surface area contributed by atoms with E-state index in [-0.39, 0.29) is 36.5 Å². The van der Waals surface area contributed by atoms with Gasteiger partial charge in [0.15, 0.2) is 6.29 Å². The third kappa shape index (κ3) is 7.89. The van der Waals surface area contributed by atoms with Crippen LogP contribution >= 0.6 is 23.5 Å². The SMILES string of the molecule is Cc1ncc(CSCCC(=O)OOc2c(C)ncc(CSCCC(=O)O)c2CO)c(C=O)c1O. The van der Waals surface area contributed by atoms with Crippen molar-refractivity contribution in [3.05, 3.63) is 46.0 Å². The van der Waals surface area contributed by atoms with Crippen LogP contribution < -0.4 is 4.89 Å². The number of aldehydes is 1. The smallest absolute Gasteiger partial charge is 0.356 e. The molecule has 0 aromatic carbocycles. The second kappa shape index (κ2) is 13.8. The molecule has 0 aliphatic carbocycles.